The quantitative estimate of drug-likeness (QED) is 0.0595. The molecule has 0 spiro atoms. The number of amides is 2. The Kier molecular flexibility index (Phi) is 8.72. The van der Waals surface area contributed by atoms with Gasteiger partial charge in [0.15, 0.2) is 16.8 Å². The molecule has 2 aliphatic rings. The van der Waals surface area contributed by atoms with E-state index in [0.29, 0.717) is 23.0 Å². The van der Waals surface area contributed by atoms with Crippen LogP contribution in [0.25, 0.3) is 0 Å². The van der Waals surface area contributed by atoms with Gasteiger partial charge in [-0.1, -0.05) is 23.0 Å². The third-order valence-electron chi connectivity index (χ3n) is 5.02. The van der Waals surface area contributed by atoms with E-state index in [2.05, 4.69) is 37.6 Å². The van der Waals surface area contributed by atoms with Crippen molar-refractivity contribution < 1.29 is 24.3 Å². The topological polar surface area (TPSA) is 191 Å². The normalized spacial score (nSPS) is 19.3. The van der Waals surface area contributed by atoms with Gasteiger partial charge in [-0.25, -0.2) is 14.5 Å². The first-order valence-corrected chi connectivity index (χ1v) is 14.8. The Morgan fingerprint density at radius 1 is 1.49 bits per heavy atom. The van der Waals surface area contributed by atoms with Crippen molar-refractivity contribution >= 4 is 75.2 Å². The number of carbonyl (C=O) groups is 3. The molecular weight excluding hydrogens is 563 g/mol. The Labute approximate surface area is 227 Å². The number of allylic oxidation sites excluding steroid dienone is 1. The van der Waals surface area contributed by atoms with Gasteiger partial charge >= 0.3 is 5.97 Å². The van der Waals surface area contributed by atoms with Crippen LogP contribution in [-0.4, -0.2) is 93.8 Å². The molecule has 2 amide bonds. The molecule has 1 fully saturated rings. The van der Waals surface area contributed by atoms with Crippen molar-refractivity contribution in [3.05, 3.63) is 35.0 Å². The molecule has 37 heavy (non-hydrogen) atoms. The summed E-state index contributed by atoms with van der Waals surface area (Å²) in [5, 5.41) is 29.6. The molecule has 0 saturated carbocycles. The first-order chi connectivity index (χ1) is 17.8. The minimum Gasteiger partial charge on any atom is -0.477 e. The van der Waals surface area contributed by atoms with E-state index in [0.717, 1.165) is 11.3 Å². The summed E-state index contributed by atoms with van der Waals surface area (Å²) < 4.78 is 1.54. The van der Waals surface area contributed by atoms with Crippen LogP contribution < -0.4 is 11.1 Å². The summed E-state index contributed by atoms with van der Waals surface area (Å²) in [6, 6.07) is -0.942. The van der Waals surface area contributed by atoms with E-state index in [1.54, 1.807) is 11.5 Å². The van der Waals surface area contributed by atoms with Crippen LogP contribution in [0.1, 0.15) is 5.69 Å². The number of tetrazole rings is 1. The van der Waals surface area contributed by atoms with E-state index in [1.165, 1.54) is 44.9 Å². The molecule has 0 bridgehead atoms. The molecule has 4 rings (SSSR count). The number of aromatic nitrogens is 5. The summed E-state index contributed by atoms with van der Waals surface area (Å²) in [7, 11) is 0. The van der Waals surface area contributed by atoms with E-state index in [9.17, 15) is 19.5 Å². The first kappa shape index (κ1) is 27.0. The molecule has 2 aromatic heterocycles. The Hall–Kier alpha value is -3.09. The van der Waals surface area contributed by atoms with E-state index >= 15 is 0 Å². The van der Waals surface area contributed by atoms with Gasteiger partial charge in [0.1, 0.15) is 22.8 Å². The molecule has 0 aromatic carbocycles. The molecule has 0 aliphatic carbocycles. The summed E-state index contributed by atoms with van der Waals surface area (Å²) in [6.45, 7) is 4.06. The van der Waals surface area contributed by atoms with Crippen LogP contribution >= 0.6 is 46.6 Å². The highest BCUT2D eigenvalue weighted by Gasteiger charge is 2.54. The van der Waals surface area contributed by atoms with Crippen molar-refractivity contribution in [2.75, 3.05) is 29.4 Å². The van der Waals surface area contributed by atoms with Gasteiger partial charge in [0.25, 0.3) is 11.8 Å². The fourth-order valence-corrected chi connectivity index (χ4v) is 6.51. The van der Waals surface area contributed by atoms with E-state index in [1.807, 2.05) is 6.26 Å². The molecule has 4 N–H and O–H groups in total. The summed E-state index contributed by atoms with van der Waals surface area (Å²) in [4.78, 5) is 48.6. The van der Waals surface area contributed by atoms with Crippen LogP contribution in [0.5, 0.6) is 0 Å². The maximum absolute atomic E-state index is 13.0. The Morgan fingerprint density at radius 3 is 2.97 bits per heavy atom. The summed E-state index contributed by atoms with van der Waals surface area (Å²) in [5.74, 6) is -1.62. The molecule has 4 heterocycles. The predicted molar refractivity (Wildman–Crippen MR) is 141 cm³/mol. The molecule has 196 valence electrons. The second-order valence-electron chi connectivity index (χ2n) is 7.39. The molecule has 2 aliphatic heterocycles. The van der Waals surface area contributed by atoms with Crippen LogP contribution in [-0.2, 0) is 25.8 Å². The summed E-state index contributed by atoms with van der Waals surface area (Å²) in [5.41, 5.74) is 6.23. The Bertz CT molecular complexity index is 1280. The van der Waals surface area contributed by atoms with Crippen molar-refractivity contribution in [3.63, 3.8) is 0 Å². The zero-order valence-corrected chi connectivity index (χ0v) is 22.5. The maximum atomic E-state index is 13.0. The molecular formula is C19H21N9O5S4. The lowest BCUT2D eigenvalue weighted by atomic mass is 10.0. The van der Waals surface area contributed by atoms with Gasteiger partial charge in [-0.3, -0.25) is 14.5 Å². The van der Waals surface area contributed by atoms with Crippen LogP contribution in [0.4, 0.5) is 5.13 Å². The number of thioether (sulfide) groups is 3. The number of rotatable bonds is 12. The molecule has 14 nitrogen and oxygen atoms in total. The number of nitrogens with two attached hydrogens (primary N) is 1. The lowest BCUT2D eigenvalue weighted by Crippen LogP contribution is -2.71. The number of carboxylic acid groups (broad SMARTS) is 1. The van der Waals surface area contributed by atoms with Crippen molar-refractivity contribution in [1.29, 1.82) is 0 Å². The van der Waals surface area contributed by atoms with Gasteiger partial charge in [-0.05, 0) is 22.3 Å². The first-order valence-electron chi connectivity index (χ1n) is 10.5. The number of aliphatic carboxylic acids is 1. The lowest BCUT2D eigenvalue weighted by Gasteiger charge is -2.49. The number of β-lactam (4-membered cyclic amide) rings is 1. The molecule has 2 atom stereocenters. The second-order valence-corrected chi connectivity index (χ2v) is 11.1. The second kappa shape index (κ2) is 12.0. The van der Waals surface area contributed by atoms with E-state index in [4.69, 9.17) is 10.6 Å². The number of carbonyl (C=O) groups excluding carboxylic acids is 2. The number of hydrogen-bond acceptors (Lipinski definition) is 14. The van der Waals surface area contributed by atoms with Gasteiger partial charge < -0.3 is 21.0 Å². The number of oxime groups is 1. The standard InChI is InChI=1S/C19H21N9O5S4/c1-3-4-27-19(23-25-26-27)37-6-9-5-35-16-12(15(30)28(16)13(9)17(31)32)22-14(29)11(24-33-8-34-2)10-7-36-18(20)21-10/h3,7,12,16H,1,4-6,8H2,2H3,(H2,20,21)(H,22,29)(H,31,32)/t12?,16-/m1/s1. The number of carboxylic acids is 1. The number of fused-ring (bicyclic) bond motifs is 1. The van der Waals surface area contributed by atoms with E-state index < -0.39 is 29.2 Å². The molecule has 1 saturated heterocycles. The average Bonchev–Trinajstić information content (AvgIpc) is 3.51. The number of thiazole rings is 1. The van der Waals surface area contributed by atoms with Gasteiger partial charge in [-0.2, -0.15) is 0 Å². The Morgan fingerprint density at radius 2 is 2.30 bits per heavy atom. The zero-order chi connectivity index (χ0) is 26.5. The van der Waals surface area contributed by atoms with Crippen LogP contribution in [0.15, 0.2) is 39.6 Å². The number of hydrogen-bond donors (Lipinski definition) is 3. The SMILES string of the molecule is C=CCn1nnnc1SCC1=C(C(=O)O)N2C(=O)C(NC(=O)C(=NOCSC)c3csc(N)n3)[C@H]2SC1. The average molecular weight is 584 g/mol. The van der Waals surface area contributed by atoms with Crippen molar-refractivity contribution in [2.45, 2.75) is 23.1 Å². The highest BCUT2D eigenvalue weighted by Crippen LogP contribution is 2.41. The van der Waals surface area contributed by atoms with Crippen LogP contribution in [0.3, 0.4) is 0 Å². The largest absolute Gasteiger partial charge is 0.477 e. The van der Waals surface area contributed by atoms with Gasteiger partial charge in [0, 0.05) is 16.9 Å². The number of nitrogens with zero attached hydrogens (tertiary/aromatic N) is 7. The summed E-state index contributed by atoms with van der Waals surface area (Å²) in [6.07, 6.45) is 3.45. The van der Waals surface area contributed by atoms with Crippen molar-refractivity contribution in [3.8, 4) is 0 Å². The highest BCUT2D eigenvalue weighted by molar-refractivity contribution is 8.01. The van der Waals surface area contributed by atoms with Crippen LogP contribution in [0, 0.1) is 0 Å². The van der Waals surface area contributed by atoms with Crippen molar-refractivity contribution in [2.24, 2.45) is 5.16 Å². The molecule has 2 aromatic rings. The van der Waals surface area contributed by atoms with Gasteiger partial charge in [-0.15, -0.1) is 46.5 Å². The number of anilines is 1. The smallest absolute Gasteiger partial charge is 0.352 e. The lowest BCUT2D eigenvalue weighted by molar-refractivity contribution is -0.150. The van der Waals surface area contributed by atoms with Crippen molar-refractivity contribution in [1.82, 2.24) is 35.4 Å². The minimum absolute atomic E-state index is 0.0982. The molecule has 18 heteroatoms. The Balaban J connectivity index is 1.48. The monoisotopic (exact) mass is 583 g/mol. The predicted octanol–water partition coefficient (Wildman–Crippen LogP) is 0.470. The zero-order valence-electron chi connectivity index (χ0n) is 19.3. The number of nitrogens with one attached hydrogen (secondary N) is 1. The third kappa shape index (κ3) is 5.76. The molecule has 0 radical (unpaired) electrons. The fraction of sp³-hybridized carbons (Fsp3) is 0.368. The number of nitrogen functional groups attached to an aromatic ring is 1. The van der Waals surface area contributed by atoms with Crippen LogP contribution in [0.2, 0.25) is 0 Å². The fourth-order valence-electron chi connectivity index (χ4n) is 3.44. The minimum atomic E-state index is -1.23. The summed E-state index contributed by atoms with van der Waals surface area (Å²) >= 11 is 5.11. The highest BCUT2D eigenvalue weighted by atomic mass is 32.2. The molecule has 1 unspecified atom stereocenters. The van der Waals surface area contributed by atoms with Gasteiger partial charge in [0.2, 0.25) is 5.16 Å². The third-order valence-corrected chi connectivity index (χ3v) is 8.42. The van der Waals surface area contributed by atoms with E-state index in [-0.39, 0.29) is 33.9 Å². The van der Waals surface area contributed by atoms with Gasteiger partial charge in [0.05, 0.1) is 6.54 Å². The maximum Gasteiger partial charge on any atom is 0.352 e.